The van der Waals surface area contributed by atoms with Gasteiger partial charge in [-0.05, 0) is 24.7 Å². The number of benzene rings is 2. The SMILES string of the molecule is CCc1c(F)c(F)c(-c2c(F)c(F)c(C(C)CCCCCC3CCCCC3)c(F)c2F)c(F)c1F. The van der Waals surface area contributed by atoms with Crippen LogP contribution in [0, 0.1) is 52.5 Å². The zero-order chi connectivity index (χ0) is 25.9. The van der Waals surface area contributed by atoms with Crippen molar-refractivity contribution in [2.45, 2.75) is 90.4 Å². The fraction of sp³-hybridized carbons (Fsp3) is 0.556. The van der Waals surface area contributed by atoms with Crippen LogP contribution in [0.5, 0.6) is 0 Å². The van der Waals surface area contributed by atoms with Crippen LogP contribution in [0.3, 0.4) is 0 Å². The summed E-state index contributed by atoms with van der Waals surface area (Å²) in [6.07, 6.45) is 9.38. The van der Waals surface area contributed by atoms with Gasteiger partial charge in [0.15, 0.2) is 46.5 Å². The van der Waals surface area contributed by atoms with Gasteiger partial charge in [-0.15, -0.1) is 0 Å². The summed E-state index contributed by atoms with van der Waals surface area (Å²) in [5.41, 5.74) is -5.48. The summed E-state index contributed by atoms with van der Waals surface area (Å²) in [6.45, 7) is 2.62. The molecule has 1 aliphatic rings. The first-order chi connectivity index (χ1) is 16.6. The van der Waals surface area contributed by atoms with Gasteiger partial charge in [-0.25, -0.2) is 35.1 Å². The van der Waals surface area contributed by atoms with Crippen LogP contribution in [-0.2, 0) is 6.42 Å². The van der Waals surface area contributed by atoms with Crippen LogP contribution in [-0.4, -0.2) is 0 Å². The average Bonchev–Trinajstić information content (AvgIpc) is 2.84. The van der Waals surface area contributed by atoms with Gasteiger partial charge in [-0.1, -0.05) is 71.6 Å². The first-order valence-electron chi connectivity index (χ1n) is 12.3. The molecule has 1 unspecified atom stereocenters. The number of hydrogen-bond donors (Lipinski definition) is 0. The van der Waals surface area contributed by atoms with Gasteiger partial charge in [-0.2, -0.15) is 0 Å². The Balaban J connectivity index is 1.83. The van der Waals surface area contributed by atoms with E-state index in [1.54, 1.807) is 0 Å². The highest BCUT2D eigenvalue weighted by Crippen LogP contribution is 2.40. The normalized spacial score (nSPS) is 15.6. The van der Waals surface area contributed by atoms with Crippen molar-refractivity contribution in [1.82, 2.24) is 0 Å². The summed E-state index contributed by atoms with van der Waals surface area (Å²) in [5, 5.41) is 0. The van der Waals surface area contributed by atoms with E-state index in [0.717, 1.165) is 19.3 Å². The second kappa shape index (κ2) is 11.7. The average molecular weight is 507 g/mol. The van der Waals surface area contributed by atoms with Crippen LogP contribution in [0.4, 0.5) is 35.1 Å². The van der Waals surface area contributed by atoms with E-state index in [1.807, 2.05) is 0 Å². The van der Waals surface area contributed by atoms with Gasteiger partial charge in [-0.3, -0.25) is 0 Å². The van der Waals surface area contributed by atoms with Crippen LogP contribution in [0.2, 0.25) is 0 Å². The lowest BCUT2D eigenvalue weighted by atomic mass is 9.85. The number of halogens is 8. The van der Waals surface area contributed by atoms with Gasteiger partial charge in [0, 0.05) is 11.1 Å². The van der Waals surface area contributed by atoms with Gasteiger partial charge < -0.3 is 0 Å². The maximum absolute atomic E-state index is 14.9. The van der Waals surface area contributed by atoms with E-state index >= 15 is 0 Å². The molecule has 0 N–H and O–H groups in total. The lowest BCUT2D eigenvalue weighted by Crippen LogP contribution is -2.13. The molecule has 0 saturated heterocycles. The molecule has 0 aromatic heterocycles. The molecular weight excluding hydrogens is 476 g/mol. The number of rotatable bonds is 9. The summed E-state index contributed by atoms with van der Waals surface area (Å²) >= 11 is 0. The highest BCUT2D eigenvalue weighted by Gasteiger charge is 2.34. The first kappa shape index (κ1) is 27.5. The highest BCUT2D eigenvalue weighted by molar-refractivity contribution is 5.68. The fourth-order valence-corrected chi connectivity index (χ4v) is 5.19. The van der Waals surface area contributed by atoms with Crippen molar-refractivity contribution in [2.24, 2.45) is 5.92 Å². The molecular formula is C27H30F8. The zero-order valence-corrected chi connectivity index (χ0v) is 20.0. The number of unbranched alkanes of at least 4 members (excludes halogenated alkanes) is 2. The van der Waals surface area contributed by atoms with Gasteiger partial charge in [0.25, 0.3) is 0 Å². The molecule has 0 bridgehead atoms. The zero-order valence-electron chi connectivity index (χ0n) is 20.0. The Labute approximate surface area is 200 Å². The second-order valence-corrected chi connectivity index (χ2v) is 9.55. The quantitative estimate of drug-likeness (QED) is 0.180. The van der Waals surface area contributed by atoms with Crippen molar-refractivity contribution in [3.8, 4) is 11.1 Å². The molecule has 1 saturated carbocycles. The van der Waals surface area contributed by atoms with Crippen LogP contribution >= 0.6 is 0 Å². The van der Waals surface area contributed by atoms with Gasteiger partial charge in [0.2, 0.25) is 0 Å². The Bertz CT molecular complexity index is 998. The first-order valence-corrected chi connectivity index (χ1v) is 12.3. The summed E-state index contributed by atoms with van der Waals surface area (Å²) < 4.78 is 117. The Kier molecular flexibility index (Phi) is 9.22. The van der Waals surface area contributed by atoms with Crippen LogP contribution in [0.15, 0.2) is 0 Å². The van der Waals surface area contributed by atoms with E-state index in [2.05, 4.69) is 0 Å². The van der Waals surface area contributed by atoms with Gasteiger partial charge in [0.1, 0.15) is 0 Å². The molecule has 0 radical (unpaired) electrons. The molecule has 3 rings (SSSR count). The van der Waals surface area contributed by atoms with Crippen LogP contribution < -0.4 is 0 Å². The third-order valence-corrected chi connectivity index (χ3v) is 7.22. The van der Waals surface area contributed by atoms with Crippen molar-refractivity contribution in [1.29, 1.82) is 0 Å². The summed E-state index contributed by atoms with van der Waals surface area (Å²) in [7, 11) is 0. The molecule has 2 aromatic rings. The van der Waals surface area contributed by atoms with E-state index in [1.165, 1.54) is 46.0 Å². The minimum atomic E-state index is -2.11. The van der Waals surface area contributed by atoms with Gasteiger partial charge >= 0.3 is 0 Å². The van der Waals surface area contributed by atoms with Crippen LogP contribution in [0.1, 0.15) is 95.1 Å². The molecule has 1 atom stereocenters. The molecule has 0 spiro atoms. The minimum Gasteiger partial charge on any atom is -0.203 e. The Hall–Kier alpha value is -2.12. The molecule has 35 heavy (non-hydrogen) atoms. The molecule has 0 nitrogen and oxygen atoms in total. The fourth-order valence-electron chi connectivity index (χ4n) is 5.19. The molecule has 0 aliphatic heterocycles. The van der Waals surface area contributed by atoms with Crippen molar-refractivity contribution >= 4 is 0 Å². The molecule has 194 valence electrons. The van der Waals surface area contributed by atoms with E-state index in [9.17, 15) is 35.1 Å². The van der Waals surface area contributed by atoms with Crippen molar-refractivity contribution in [3.63, 3.8) is 0 Å². The molecule has 1 aliphatic carbocycles. The van der Waals surface area contributed by atoms with E-state index in [-0.39, 0.29) is 6.42 Å². The van der Waals surface area contributed by atoms with Gasteiger partial charge in [0.05, 0.1) is 11.1 Å². The maximum Gasteiger partial charge on any atom is 0.170 e. The third kappa shape index (κ3) is 5.51. The monoisotopic (exact) mass is 506 g/mol. The van der Waals surface area contributed by atoms with E-state index < -0.39 is 81.1 Å². The predicted octanol–water partition coefficient (Wildman–Crippen LogP) is 9.66. The summed E-state index contributed by atoms with van der Waals surface area (Å²) in [5.74, 6) is -16.0. The Morgan fingerprint density at radius 2 is 1.11 bits per heavy atom. The highest BCUT2D eigenvalue weighted by atomic mass is 19.2. The maximum atomic E-state index is 14.9. The van der Waals surface area contributed by atoms with Crippen molar-refractivity contribution in [3.05, 3.63) is 57.7 Å². The second-order valence-electron chi connectivity index (χ2n) is 9.55. The van der Waals surface area contributed by atoms with Crippen LogP contribution in [0.25, 0.3) is 11.1 Å². The topological polar surface area (TPSA) is 0 Å². The molecule has 0 amide bonds. The van der Waals surface area contributed by atoms with E-state index in [4.69, 9.17) is 0 Å². The van der Waals surface area contributed by atoms with E-state index in [0.29, 0.717) is 12.3 Å². The lowest BCUT2D eigenvalue weighted by molar-refractivity contribution is 0.327. The van der Waals surface area contributed by atoms with Crippen molar-refractivity contribution in [2.75, 3.05) is 0 Å². The molecule has 0 heterocycles. The predicted molar refractivity (Wildman–Crippen MR) is 119 cm³/mol. The number of hydrogen-bond acceptors (Lipinski definition) is 0. The third-order valence-electron chi connectivity index (χ3n) is 7.22. The Morgan fingerprint density at radius 1 is 0.629 bits per heavy atom. The smallest absolute Gasteiger partial charge is 0.170 e. The molecule has 8 heteroatoms. The minimum absolute atomic E-state index is 0.244. The van der Waals surface area contributed by atoms with Crippen molar-refractivity contribution < 1.29 is 35.1 Å². The summed E-state index contributed by atoms with van der Waals surface area (Å²) in [6, 6.07) is 0. The molecule has 1 fully saturated rings. The largest absolute Gasteiger partial charge is 0.203 e. The Morgan fingerprint density at radius 3 is 1.60 bits per heavy atom. The lowest BCUT2D eigenvalue weighted by Gasteiger charge is -2.21. The molecule has 2 aromatic carbocycles. The standard InChI is InChI=1S/C27H30F8/c1-3-16-20(28)24(32)18(25(33)21(16)29)19-26(34)22(30)17(23(31)27(19)35)14(2)10-6-4-7-11-15-12-8-5-9-13-15/h14-15H,3-13H2,1-2H3. The summed E-state index contributed by atoms with van der Waals surface area (Å²) in [4.78, 5) is 0.